The highest BCUT2D eigenvalue weighted by Gasteiger charge is 2.58. The quantitative estimate of drug-likeness (QED) is 0.657. The predicted molar refractivity (Wildman–Crippen MR) is 53.1 cm³/mol. The average molecular weight is 198 g/mol. The number of hydrogen-bond donors (Lipinski definition) is 2. The zero-order valence-electron chi connectivity index (χ0n) is 9.02. The van der Waals surface area contributed by atoms with Crippen molar-refractivity contribution < 1.29 is 9.53 Å². The number of carbonyl (C=O) groups is 1. The van der Waals surface area contributed by atoms with Crippen LogP contribution in [0.25, 0.3) is 0 Å². The third-order valence-corrected chi connectivity index (χ3v) is 2.81. The molecule has 0 aromatic rings. The summed E-state index contributed by atoms with van der Waals surface area (Å²) in [4.78, 5) is 11.5. The standard InChI is InChI=1S/C10H18N2O2/c1-9(2,3)14-8(13)12-10-4-7(10)5-11-6-10/h7,11H,4-6H2,1-3H3,(H,12,13)/t7-,10-/m1/s1. The summed E-state index contributed by atoms with van der Waals surface area (Å²) in [6, 6.07) is 0. The van der Waals surface area contributed by atoms with E-state index in [1.807, 2.05) is 20.8 Å². The Kier molecular flexibility index (Phi) is 2.00. The lowest BCUT2D eigenvalue weighted by atomic mass is 10.2. The molecule has 80 valence electrons. The van der Waals surface area contributed by atoms with Gasteiger partial charge in [0.25, 0.3) is 0 Å². The van der Waals surface area contributed by atoms with Crippen LogP contribution in [-0.4, -0.2) is 30.3 Å². The minimum atomic E-state index is -0.406. The molecule has 1 aliphatic heterocycles. The van der Waals surface area contributed by atoms with Crippen molar-refractivity contribution in [1.82, 2.24) is 10.6 Å². The van der Waals surface area contributed by atoms with E-state index in [0.717, 1.165) is 19.5 Å². The van der Waals surface area contributed by atoms with Gasteiger partial charge in [-0.1, -0.05) is 0 Å². The van der Waals surface area contributed by atoms with Gasteiger partial charge < -0.3 is 15.4 Å². The molecule has 1 saturated carbocycles. The van der Waals surface area contributed by atoms with E-state index < -0.39 is 5.60 Å². The first-order chi connectivity index (χ1) is 6.41. The van der Waals surface area contributed by atoms with E-state index in [-0.39, 0.29) is 11.6 Å². The number of fused-ring (bicyclic) bond motifs is 1. The molecule has 0 aromatic heterocycles. The van der Waals surface area contributed by atoms with Crippen molar-refractivity contribution in [3.8, 4) is 0 Å². The Morgan fingerprint density at radius 1 is 1.57 bits per heavy atom. The molecule has 1 aliphatic carbocycles. The van der Waals surface area contributed by atoms with Crippen LogP contribution in [0.4, 0.5) is 4.79 Å². The van der Waals surface area contributed by atoms with Crippen LogP contribution in [-0.2, 0) is 4.74 Å². The summed E-state index contributed by atoms with van der Waals surface area (Å²) in [6.45, 7) is 7.54. The van der Waals surface area contributed by atoms with Gasteiger partial charge in [-0.2, -0.15) is 0 Å². The second kappa shape index (κ2) is 2.86. The minimum Gasteiger partial charge on any atom is -0.444 e. The number of piperidine rings is 1. The Balaban J connectivity index is 1.84. The second-order valence-corrected chi connectivity index (χ2v) is 5.31. The monoisotopic (exact) mass is 198 g/mol. The fraction of sp³-hybridized carbons (Fsp3) is 0.900. The third kappa shape index (κ3) is 1.85. The van der Waals surface area contributed by atoms with Gasteiger partial charge in [-0.25, -0.2) is 4.79 Å². The van der Waals surface area contributed by atoms with Gasteiger partial charge in [-0.3, -0.25) is 0 Å². The molecule has 2 rings (SSSR count). The lowest BCUT2D eigenvalue weighted by molar-refractivity contribution is 0.0497. The summed E-state index contributed by atoms with van der Waals surface area (Å²) in [7, 11) is 0. The Bertz CT molecular complexity index is 259. The molecule has 0 unspecified atom stereocenters. The molecule has 0 bridgehead atoms. The van der Waals surface area contributed by atoms with Crippen molar-refractivity contribution >= 4 is 6.09 Å². The minimum absolute atomic E-state index is 0.0162. The molecule has 0 radical (unpaired) electrons. The van der Waals surface area contributed by atoms with Crippen LogP contribution in [0.3, 0.4) is 0 Å². The molecule has 0 aromatic carbocycles. The molecule has 4 heteroatoms. The molecule has 14 heavy (non-hydrogen) atoms. The molecular weight excluding hydrogens is 180 g/mol. The highest BCUT2D eigenvalue weighted by atomic mass is 16.6. The summed E-state index contributed by atoms with van der Waals surface area (Å²) in [5, 5.41) is 6.22. The number of alkyl carbamates (subject to hydrolysis) is 1. The molecule has 2 atom stereocenters. The highest BCUT2D eigenvalue weighted by Crippen LogP contribution is 2.46. The number of nitrogens with one attached hydrogen (secondary N) is 2. The molecule has 1 heterocycles. The van der Waals surface area contributed by atoms with Gasteiger partial charge in [0, 0.05) is 13.1 Å². The van der Waals surface area contributed by atoms with Crippen LogP contribution in [0.15, 0.2) is 0 Å². The van der Waals surface area contributed by atoms with Crippen LogP contribution >= 0.6 is 0 Å². The van der Waals surface area contributed by atoms with Gasteiger partial charge in [-0.15, -0.1) is 0 Å². The van der Waals surface area contributed by atoms with Crippen molar-refractivity contribution in [2.45, 2.75) is 38.3 Å². The molecule has 1 amide bonds. The fourth-order valence-electron chi connectivity index (χ4n) is 2.04. The highest BCUT2D eigenvalue weighted by molar-refractivity contribution is 5.70. The zero-order chi connectivity index (χ0) is 10.4. The Hall–Kier alpha value is -0.770. The van der Waals surface area contributed by atoms with E-state index in [1.165, 1.54) is 0 Å². The number of rotatable bonds is 1. The summed E-state index contributed by atoms with van der Waals surface area (Å²) < 4.78 is 5.21. The molecule has 2 aliphatic rings. The van der Waals surface area contributed by atoms with E-state index in [1.54, 1.807) is 0 Å². The maximum absolute atomic E-state index is 11.5. The summed E-state index contributed by atoms with van der Waals surface area (Å²) in [6.07, 6.45) is 0.808. The smallest absolute Gasteiger partial charge is 0.408 e. The molecular formula is C10H18N2O2. The van der Waals surface area contributed by atoms with Gasteiger partial charge in [0.2, 0.25) is 0 Å². The lowest BCUT2D eigenvalue weighted by Gasteiger charge is -2.22. The van der Waals surface area contributed by atoms with E-state index >= 15 is 0 Å². The normalized spacial score (nSPS) is 34.9. The lowest BCUT2D eigenvalue weighted by Crippen LogP contribution is -2.43. The maximum Gasteiger partial charge on any atom is 0.408 e. The number of hydrogen-bond acceptors (Lipinski definition) is 3. The van der Waals surface area contributed by atoms with Crippen molar-refractivity contribution in [3.63, 3.8) is 0 Å². The first-order valence-electron chi connectivity index (χ1n) is 5.13. The van der Waals surface area contributed by atoms with Crippen molar-refractivity contribution in [1.29, 1.82) is 0 Å². The Labute approximate surface area is 84.4 Å². The van der Waals surface area contributed by atoms with Crippen molar-refractivity contribution in [3.05, 3.63) is 0 Å². The third-order valence-electron chi connectivity index (χ3n) is 2.81. The van der Waals surface area contributed by atoms with Crippen molar-refractivity contribution in [2.24, 2.45) is 5.92 Å². The fourth-order valence-corrected chi connectivity index (χ4v) is 2.04. The summed E-state index contributed by atoms with van der Waals surface area (Å²) in [5.41, 5.74) is -0.389. The Morgan fingerprint density at radius 2 is 2.29 bits per heavy atom. The summed E-state index contributed by atoms with van der Waals surface area (Å²) >= 11 is 0. The maximum atomic E-state index is 11.5. The van der Waals surface area contributed by atoms with Gasteiger partial charge in [0.05, 0.1) is 5.54 Å². The molecule has 2 fully saturated rings. The Morgan fingerprint density at radius 3 is 2.71 bits per heavy atom. The zero-order valence-corrected chi connectivity index (χ0v) is 9.02. The first-order valence-corrected chi connectivity index (χ1v) is 5.13. The van der Waals surface area contributed by atoms with Crippen molar-refractivity contribution in [2.75, 3.05) is 13.1 Å². The largest absolute Gasteiger partial charge is 0.444 e. The van der Waals surface area contributed by atoms with E-state index in [0.29, 0.717) is 5.92 Å². The van der Waals surface area contributed by atoms with Gasteiger partial charge >= 0.3 is 6.09 Å². The first kappa shape index (κ1) is 9.77. The van der Waals surface area contributed by atoms with Crippen LogP contribution in [0.5, 0.6) is 0 Å². The number of amides is 1. The van der Waals surface area contributed by atoms with Crippen LogP contribution in [0.2, 0.25) is 0 Å². The van der Waals surface area contributed by atoms with Gasteiger partial charge in [-0.05, 0) is 33.1 Å². The number of ether oxygens (including phenoxy) is 1. The summed E-state index contributed by atoms with van der Waals surface area (Å²) in [5.74, 6) is 0.620. The number of carbonyl (C=O) groups excluding carboxylic acids is 1. The predicted octanol–water partition coefficient (Wildman–Crippen LogP) is 0.873. The van der Waals surface area contributed by atoms with Crippen LogP contribution in [0.1, 0.15) is 27.2 Å². The van der Waals surface area contributed by atoms with E-state index in [2.05, 4.69) is 10.6 Å². The topological polar surface area (TPSA) is 50.4 Å². The van der Waals surface area contributed by atoms with Crippen LogP contribution < -0.4 is 10.6 Å². The molecule has 2 N–H and O–H groups in total. The van der Waals surface area contributed by atoms with Gasteiger partial charge in [0.1, 0.15) is 5.60 Å². The second-order valence-electron chi connectivity index (χ2n) is 5.31. The molecule has 4 nitrogen and oxygen atoms in total. The van der Waals surface area contributed by atoms with Gasteiger partial charge in [0.15, 0.2) is 0 Å². The van der Waals surface area contributed by atoms with Crippen LogP contribution in [0, 0.1) is 5.92 Å². The molecule has 0 spiro atoms. The molecule has 1 saturated heterocycles. The average Bonchev–Trinajstić information content (AvgIpc) is 2.48. The van der Waals surface area contributed by atoms with E-state index in [9.17, 15) is 4.79 Å². The van der Waals surface area contributed by atoms with E-state index in [4.69, 9.17) is 4.74 Å². The SMILES string of the molecule is CC(C)(C)OC(=O)N[C@]12CNC[C@H]1C2.